The van der Waals surface area contributed by atoms with E-state index in [0.29, 0.717) is 38.5 Å². The van der Waals surface area contributed by atoms with E-state index in [4.69, 9.17) is 13.3 Å². The first-order valence-corrected chi connectivity index (χ1v) is 10.2. The monoisotopic (exact) mass is 399 g/mol. The lowest BCUT2D eigenvalue weighted by Gasteiger charge is -2.28. The summed E-state index contributed by atoms with van der Waals surface area (Å²) in [7, 11) is -2.86. The normalized spacial score (nSPS) is 12.3. The summed E-state index contributed by atoms with van der Waals surface area (Å²) >= 11 is 0. The fourth-order valence-corrected chi connectivity index (χ4v) is 4.87. The van der Waals surface area contributed by atoms with Crippen LogP contribution >= 0.6 is 0 Å². The van der Waals surface area contributed by atoms with E-state index in [1.54, 1.807) is 20.8 Å². The molecule has 0 aliphatic rings. The van der Waals surface area contributed by atoms with Gasteiger partial charge in [0.1, 0.15) is 0 Å². The predicted molar refractivity (Wildman–Crippen MR) is 88.7 cm³/mol. The second-order valence-corrected chi connectivity index (χ2v) is 7.84. The van der Waals surface area contributed by atoms with Crippen LogP contribution in [0.15, 0.2) is 4.99 Å². The second-order valence-electron chi connectivity index (χ2n) is 5.10. The first-order valence-electron chi connectivity index (χ1n) is 8.26. The molecule has 26 heavy (non-hydrogen) atoms. The number of hydrogen-bond acceptors (Lipinski definition) is 4. The zero-order chi connectivity index (χ0) is 19.7. The van der Waals surface area contributed by atoms with Crippen LogP contribution in [0.4, 0.5) is 22.0 Å². The van der Waals surface area contributed by atoms with Gasteiger partial charge in [-0.3, -0.25) is 4.99 Å². The summed E-state index contributed by atoms with van der Waals surface area (Å²) in [5.41, 5.74) is -1.07. The zero-order valence-corrected chi connectivity index (χ0v) is 15.9. The molecule has 0 fully saturated rings. The Morgan fingerprint density at radius 2 is 1.19 bits per heavy atom. The molecule has 0 saturated heterocycles. The predicted octanol–water partition coefficient (Wildman–Crippen LogP) is 4.24. The SMILES string of the molecule is CCO[Si](CCCN=Cc1c(F)c(F)c(F)c(F)c1F)(OCC)OCC. The summed E-state index contributed by atoms with van der Waals surface area (Å²) < 4.78 is 83.2. The highest BCUT2D eigenvalue weighted by Crippen LogP contribution is 2.22. The minimum atomic E-state index is -2.86. The van der Waals surface area contributed by atoms with Crippen molar-refractivity contribution in [3.05, 3.63) is 34.6 Å². The molecule has 4 nitrogen and oxygen atoms in total. The molecule has 0 unspecified atom stereocenters. The average Bonchev–Trinajstić information content (AvgIpc) is 2.61. The van der Waals surface area contributed by atoms with Crippen LogP contribution in [0, 0.1) is 29.1 Å². The summed E-state index contributed by atoms with van der Waals surface area (Å²) in [4.78, 5) is 3.75. The highest BCUT2D eigenvalue weighted by Gasteiger charge is 2.39. The van der Waals surface area contributed by atoms with Crippen molar-refractivity contribution in [2.24, 2.45) is 4.99 Å². The maximum Gasteiger partial charge on any atom is 0.500 e. The van der Waals surface area contributed by atoms with E-state index in [1.165, 1.54) is 0 Å². The summed E-state index contributed by atoms with van der Waals surface area (Å²) in [5, 5.41) is 0. The largest absolute Gasteiger partial charge is 0.500 e. The summed E-state index contributed by atoms with van der Waals surface area (Å²) in [6, 6.07) is 0.414. The van der Waals surface area contributed by atoms with Crippen molar-refractivity contribution in [2.45, 2.75) is 33.2 Å². The number of rotatable bonds is 11. The Labute approximate surface area is 150 Å². The number of hydrogen-bond donors (Lipinski definition) is 0. The molecule has 10 heteroatoms. The molecule has 0 bridgehead atoms. The van der Waals surface area contributed by atoms with Crippen molar-refractivity contribution in [1.82, 2.24) is 0 Å². The molecule has 0 atom stereocenters. The molecule has 1 rings (SSSR count). The molecular weight excluding hydrogens is 377 g/mol. The third-order valence-electron chi connectivity index (χ3n) is 3.33. The molecule has 0 amide bonds. The molecule has 0 spiro atoms. The van der Waals surface area contributed by atoms with Crippen molar-refractivity contribution >= 4 is 15.0 Å². The Balaban J connectivity index is 2.78. The quantitative estimate of drug-likeness (QED) is 0.140. The van der Waals surface area contributed by atoms with Crippen LogP contribution in [-0.2, 0) is 13.3 Å². The van der Waals surface area contributed by atoms with Crippen LogP contribution in [-0.4, -0.2) is 41.4 Å². The van der Waals surface area contributed by atoms with E-state index >= 15 is 0 Å². The third-order valence-corrected chi connectivity index (χ3v) is 6.48. The summed E-state index contributed by atoms with van der Waals surface area (Å²) in [6.07, 6.45) is 1.04. The van der Waals surface area contributed by atoms with Crippen molar-refractivity contribution < 1.29 is 35.2 Å². The Kier molecular flexibility index (Phi) is 9.34. The van der Waals surface area contributed by atoms with Crippen LogP contribution in [0.5, 0.6) is 0 Å². The molecule has 0 radical (unpaired) electrons. The lowest BCUT2D eigenvalue weighted by atomic mass is 10.2. The molecule has 0 saturated carbocycles. The van der Waals surface area contributed by atoms with Crippen LogP contribution in [0.3, 0.4) is 0 Å². The van der Waals surface area contributed by atoms with E-state index in [0.717, 1.165) is 0 Å². The van der Waals surface area contributed by atoms with E-state index in [2.05, 4.69) is 4.99 Å². The van der Waals surface area contributed by atoms with E-state index in [-0.39, 0.29) is 6.54 Å². The Hall–Kier alpha value is -1.36. The number of aliphatic imine (C=N–C) groups is 1. The van der Waals surface area contributed by atoms with E-state index < -0.39 is 43.5 Å². The maximum atomic E-state index is 13.5. The van der Waals surface area contributed by atoms with E-state index in [9.17, 15) is 22.0 Å². The van der Waals surface area contributed by atoms with Gasteiger partial charge in [-0.15, -0.1) is 0 Å². The standard InChI is InChI=1S/C16H22F5NO3Si/c1-4-23-26(24-5-2,25-6-3)9-7-8-22-10-11-12(17)14(19)16(21)15(20)13(11)18/h10H,4-9H2,1-3H3. The Bertz CT molecular complexity index is 584. The van der Waals surface area contributed by atoms with Gasteiger partial charge in [0.05, 0.1) is 5.56 Å². The second kappa shape index (κ2) is 10.7. The van der Waals surface area contributed by atoms with Crippen molar-refractivity contribution in [1.29, 1.82) is 0 Å². The van der Waals surface area contributed by atoms with Gasteiger partial charge in [-0.1, -0.05) is 0 Å². The average molecular weight is 399 g/mol. The van der Waals surface area contributed by atoms with Crippen LogP contribution in [0.25, 0.3) is 0 Å². The number of halogens is 5. The van der Waals surface area contributed by atoms with Gasteiger partial charge in [-0.2, -0.15) is 0 Å². The van der Waals surface area contributed by atoms with E-state index in [1.807, 2.05) is 0 Å². The van der Waals surface area contributed by atoms with Gasteiger partial charge in [0.25, 0.3) is 0 Å². The lowest BCUT2D eigenvalue weighted by Crippen LogP contribution is -2.46. The molecule has 1 aromatic rings. The van der Waals surface area contributed by atoms with Crippen LogP contribution < -0.4 is 0 Å². The molecule has 0 aliphatic heterocycles. The molecule has 0 aromatic heterocycles. The molecule has 148 valence electrons. The first-order chi connectivity index (χ1) is 12.3. The van der Waals surface area contributed by atoms with Gasteiger partial charge >= 0.3 is 8.80 Å². The highest BCUT2D eigenvalue weighted by molar-refractivity contribution is 6.60. The summed E-state index contributed by atoms with van der Waals surface area (Å²) in [6.45, 7) is 6.71. The molecule has 0 N–H and O–H groups in total. The molecule has 0 heterocycles. The van der Waals surface area contributed by atoms with Gasteiger partial charge in [-0.05, 0) is 27.2 Å². The molecule has 1 aromatic carbocycles. The smallest absolute Gasteiger partial charge is 0.374 e. The van der Waals surface area contributed by atoms with Gasteiger partial charge in [-0.25, -0.2) is 22.0 Å². The van der Waals surface area contributed by atoms with Crippen molar-refractivity contribution in [3.8, 4) is 0 Å². The lowest BCUT2D eigenvalue weighted by molar-refractivity contribution is 0.0710. The van der Waals surface area contributed by atoms with Crippen LogP contribution in [0.2, 0.25) is 6.04 Å². The fraction of sp³-hybridized carbons (Fsp3) is 0.562. The molecular formula is C16H22F5NO3Si. The third kappa shape index (κ3) is 5.57. The van der Waals surface area contributed by atoms with Crippen molar-refractivity contribution in [2.75, 3.05) is 26.4 Å². The van der Waals surface area contributed by atoms with Gasteiger partial charge in [0.2, 0.25) is 5.82 Å². The van der Waals surface area contributed by atoms with Gasteiger partial charge in [0.15, 0.2) is 23.3 Å². The fourth-order valence-electron chi connectivity index (χ4n) is 2.28. The zero-order valence-electron chi connectivity index (χ0n) is 14.9. The maximum absolute atomic E-state index is 13.5. The van der Waals surface area contributed by atoms with Gasteiger partial charge < -0.3 is 13.3 Å². The number of benzene rings is 1. The molecule has 0 aliphatic carbocycles. The Morgan fingerprint density at radius 1 is 0.769 bits per heavy atom. The number of nitrogens with zero attached hydrogens (tertiary/aromatic N) is 1. The summed E-state index contributed by atoms with van der Waals surface area (Å²) in [5.74, 6) is -10.0. The topological polar surface area (TPSA) is 40.0 Å². The van der Waals surface area contributed by atoms with Gasteiger partial charge in [0, 0.05) is 38.6 Å². The Morgan fingerprint density at radius 3 is 1.62 bits per heavy atom. The minimum absolute atomic E-state index is 0.0848. The minimum Gasteiger partial charge on any atom is -0.374 e. The highest BCUT2D eigenvalue weighted by atomic mass is 28.4. The van der Waals surface area contributed by atoms with Crippen molar-refractivity contribution in [3.63, 3.8) is 0 Å². The first kappa shape index (κ1) is 22.7. The van der Waals surface area contributed by atoms with Crippen LogP contribution in [0.1, 0.15) is 32.8 Å².